The van der Waals surface area contributed by atoms with E-state index in [1.165, 1.54) is 6.20 Å². The Morgan fingerprint density at radius 3 is 2.71 bits per heavy atom. The van der Waals surface area contributed by atoms with Crippen LogP contribution in [0.1, 0.15) is 0 Å². The maximum Gasteiger partial charge on any atom is 0.253 e. The van der Waals surface area contributed by atoms with E-state index in [0.717, 1.165) is 4.79 Å². The summed E-state index contributed by atoms with van der Waals surface area (Å²) in [6, 6.07) is 0. The summed E-state index contributed by atoms with van der Waals surface area (Å²) in [5.74, 6) is 4.80. The molecule has 0 amide bonds. The Labute approximate surface area is 39.3 Å². The maximum absolute atomic E-state index is 8.38. The molecule has 7 heavy (non-hydrogen) atoms. The van der Waals surface area contributed by atoms with E-state index in [9.17, 15) is 0 Å². The Balaban J connectivity index is 3.04. The number of nitrogens with two attached hydrogens (primary N) is 1. The minimum Gasteiger partial charge on any atom is -0.491 e. The van der Waals surface area contributed by atoms with Crippen LogP contribution in [0, 0.1) is 0 Å². The fourth-order valence-electron chi connectivity index (χ4n) is 0.267. The Morgan fingerprint density at radius 1 is 1.86 bits per heavy atom. The average Bonchev–Trinajstić information content (AvgIpc) is 1.87. The lowest BCUT2D eigenvalue weighted by atomic mass is 10.9. The minimum atomic E-state index is -0.164. The molecule has 1 heterocycles. The highest BCUT2D eigenvalue weighted by Gasteiger charge is 1.87. The molecule has 1 aromatic heterocycles. The first-order valence-electron chi connectivity index (χ1n) is 1.65. The van der Waals surface area contributed by atoms with Crippen molar-refractivity contribution < 1.29 is 5.11 Å². The Bertz CT molecular complexity index is 142. The monoisotopic (exact) mass is 100 g/mol. The van der Waals surface area contributed by atoms with Crippen molar-refractivity contribution in [3.05, 3.63) is 6.20 Å². The molecule has 3 N–H and O–H groups in total. The number of hydrogen-bond donors (Lipinski definition) is 2. The predicted octanol–water partition coefficient (Wildman–Crippen LogP) is -1.30. The first-order valence-corrected chi connectivity index (χ1v) is 1.65. The Kier molecular flexibility index (Phi) is 0.619. The van der Waals surface area contributed by atoms with Gasteiger partial charge in [-0.05, 0) is 5.21 Å². The molecule has 0 radical (unpaired) electrons. The summed E-state index contributed by atoms with van der Waals surface area (Å²) in [5.41, 5.74) is 0. The van der Waals surface area contributed by atoms with Crippen LogP contribution in [0.3, 0.4) is 0 Å². The van der Waals surface area contributed by atoms with Crippen molar-refractivity contribution in [2.75, 3.05) is 5.84 Å². The van der Waals surface area contributed by atoms with Crippen molar-refractivity contribution in [1.82, 2.24) is 15.1 Å². The molecule has 38 valence electrons. The molecule has 0 fully saturated rings. The van der Waals surface area contributed by atoms with Crippen molar-refractivity contribution in [3.8, 4) is 5.88 Å². The number of hydrogen-bond acceptors (Lipinski definition) is 4. The molecule has 5 heteroatoms. The highest BCUT2D eigenvalue weighted by atomic mass is 16.3. The summed E-state index contributed by atoms with van der Waals surface area (Å²) in [4.78, 5) is 0.926. The van der Waals surface area contributed by atoms with Gasteiger partial charge in [-0.25, -0.2) is 0 Å². The second-order valence-electron chi connectivity index (χ2n) is 1.06. The summed E-state index contributed by atoms with van der Waals surface area (Å²) in [6.07, 6.45) is 1.19. The van der Waals surface area contributed by atoms with Crippen LogP contribution in [0.2, 0.25) is 0 Å². The number of nitrogen functional groups attached to an aromatic ring is 1. The fraction of sp³-hybridized carbons (Fsp3) is 0. The predicted molar refractivity (Wildman–Crippen MR) is 21.8 cm³/mol. The lowest BCUT2D eigenvalue weighted by Gasteiger charge is -1.76. The van der Waals surface area contributed by atoms with Crippen molar-refractivity contribution in [2.24, 2.45) is 0 Å². The summed E-state index contributed by atoms with van der Waals surface area (Å²) >= 11 is 0. The van der Waals surface area contributed by atoms with Gasteiger partial charge in [0.25, 0.3) is 5.88 Å². The molecular weight excluding hydrogens is 96.0 g/mol. The van der Waals surface area contributed by atoms with Crippen molar-refractivity contribution in [2.45, 2.75) is 0 Å². The van der Waals surface area contributed by atoms with Crippen LogP contribution in [0.5, 0.6) is 5.88 Å². The molecule has 0 bridgehead atoms. The molecule has 0 atom stereocenters. The van der Waals surface area contributed by atoms with Gasteiger partial charge in [-0.3, -0.25) is 0 Å². The first kappa shape index (κ1) is 3.91. The molecule has 5 nitrogen and oxygen atoms in total. The van der Waals surface area contributed by atoms with Gasteiger partial charge in [-0.15, -0.1) is 0 Å². The van der Waals surface area contributed by atoms with Gasteiger partial charge in [0.05, 0.1) is 0 Å². The summed E-state index contributed by atoms with van der Waals surface area (Å²) < 4.78 is 0. The van der Waals surface area contributed by atoms with Gasteiger partial charge in [0, 0.05) is 0 Å². The number of rotatable bonds is 0. The second-order valence-corrected chi connectivity index (χ2v) is 1.06. The van der Waals surface area contributed by atoms with E-state index >= 15 is 0 Å². The van der Waals surface area contributed by atoms with Gasteiger partial charge < -0.3 is 10.9 Å². The van der Waals surface area contributed by atoms with Gasteiger partial charge in [0.2, 0.25) is 0 Å². The zero-order valence-electron chi connectivity index (χ0n) is 3.44. The van der Waals surface area contributed by atoms with Crippen LogP contribution >= 0.6 is 0 Å². The summed E-state index contributed by atoms with van der Waals surface area (Å²) in [6.45, 7) is 0. The SMILES string of the molecule is Nn1cc(O)nn1. The maximum atomic E-state index is 8.38. The van der Waals surface area contributed by atoms with E-state index < -0.39 is 0 Å². The van der Waals surface area contributed by atoms with E-state index in [1.807, 2.05) is 0 Å². The molecule has 0 unspecified atom stereocenters. The average molecular weight is 100 g/mol. The van der Waals surface area contributed by atoms with Crippen LogP contribution < -0.4 is 5.84 Å². The van der Waals surface area contributed by atoms with Gasteiger partial charge in [-0.1, -0.05) is 5.10 Å². The third-order valence-corrected chi connectivity index (χ3v) is 0.498. The van der Waals surface area contributed by atoms with Crippen LogP contribution in [0.25, 0.3) is 0 Å². The molecule has 0 aliphatic rings. The summed E-state index contributed by atoms with van der Waals surface area (Å²) in [7, 11) is 0. The van der Waals surface area contributed by atoms with Crippen LogP contribution in [0.4, 0.5) is 0 Å². The lowest BCUT2D eigenvalue weighted by molar-refractivity contribution is 0.452. The number of nitrogens with zero attached hydrogens (tertiary/aromatic N) is 3. The molecule has 0 saturated heterocycles. The minimum absolute atomic E-state index is 0.164. The summed E-state index contributed by atoms with van der Waals surface area (Å²) in [5, 5.41) is 14.7. The Morgan fingerprint density at radius 2 is 2.57 bits per heavy atom. The molecule has 0 spiro atoms. The van der Waals surface area contributed by atoms with Crippen molar-refractivity contribution in [1.29, 1.82) is 0 Å². The zero-order valence-corrected chi connectivity index (χ0v) is 3.44. The van der Waals surface area contributed by atoms with E-state index in [-0.39, 0.29) is 5.88 Å². The van der Waals surface area contributed by atoms with Gasteiger partial charge in [0.15, 0.2) is 0 Å². The van der Waals surface area contributed by atoms with E-state index in [4.69, 9.17) is 10.9 Å². The van der Waals surface area contributed by atoms with Gasteiger partial charge in [-0.2, -0.15) is 4.79 Å². The largest absolute Gasteiger partial charge is 0.491 e. The van der Waals surface area contributed by atoms with Crippen molar-refractivity contribution in [3.63, 3.8) is 0 Å². The lowest BCUT2D eigenvalue weighted by Crippen LogP contribution is -2.07. The number of aromatic hydroxyl groups is 1. The third kappa shape index (κ3) is 0.594. The van der Waals surface area contributed by atoms with Crippen LogP contribution in [-0.4, -0.2) is 20.2 Å². The quantitative estimate of drug-likeness (QED) is 0.397. The molecule has 1 aromatic rings. The molecular formula is C2H4N4O. The van der Waals surface area contributed by atoms with Crippen LogP contribution in [-0.2, 0) is 0 Å². The van der Waals surface area contributed by atoms with E-state index in [1.54, 1.807) is 0 Å². The molecule has 0 aliphatic carbocycles. The van der Waals surface area contributed by atoms with Crippen LogP contribution in [0.15, 0.2) is 6.20 Å². The van der Waals surface area contributed by atoms with E-state index in [2.05, 4.69) is 10.3 Å². The fourth-order valence-corrected chi connectivity index (χ4v) is 0.267. The Hall–Kier alpha value is -1.26. The number of aromatic nitrogens is 3. The molecule has 0 aliphatic heterocycles. The highest BCUT2D eigenvalue weighted by Crippen LogP contribution is 1.93. The zero-order chi connectivity index (χ0) is 5.28. The van der Waals surface area contributed by atoms with Gasteiger partial charge >= 0.3 is 0 Å². The van der Waals surface area contributed by atoms with Gasteiger partial charge in [0.1, 0.15) is 6.20 Å². The highest BCUT2D eigenvalue weighted by molar-refractivity contribution is 4.94. The molecule has 0 saturated carbocycles. The standard InChI is InChI=1S/C2H4N4O/c3-6-1-2(7)4-5-6/h1,7H,3H2. The molecule has 1 rings (SSSR count). The third-order valence-electron chi connectivity index (χ3n) is 0.498. The van der Waals surface area contributed by atoms with E-state index in [0.29, 0.717) is 0 Å². The molecule has 0 aromatic carbocycles. The first-order chi connectivity index (χ1) is 3.29. The topological polar surface area (TPSA) is 77.0 Å². The second kappa shape index (κ2) is 1.11. The normalized spacial score (nSPS) is 9.14. The van der Waals surface area contributed by atoms with Crippen molar-refractivity contribution >= 4 is 0 Å². The smallest absolute Gasteiger partial charge is 0.253 e.